The Morgan fingerprint density at radius 1 is 1.06 bits per heavy atom. The molecule has 1 N–H and O–H groups in total. The molecule has 2 aromatic rings. The lowest BCUT2D eigenvalue weighted by Crippen LogP contribution is -2.36. The summed E-state index contributed by atoms with van der Waals surface area (Å²) in [5, 5.41) is 2.96. The Balaban J connectivity index is 1.38. The lowest BCUT2D eigenvalue weighted by molar-refractivity contribution is 0.0260. The van der Waals surface area contributed by atoms with Gasteiger partial charge in [-0.2, -0.15) is 0 Å². The van der Waals surface area contributed by atoms with Crippen molar-refractivity contribution in [1.29, 1.82) is 0 Å². The number of hydrogen-bond acceptors (Lipinski definition) is 4. The Morgan fingerprint density at radius 3 is 2.53 bits per heavy atom. The molecule has 0 bridgehead atoms. The van der Waals surface area contributed by atoms with E-state index in [4.69, 9.17) is 4.74 Å². The minimum Gasteiger partial charge on any atom is -0.441 e. The molecule has 1 aliphatic heterocycles. The molecule has 170 valence electrons. The standard InChI is InChI=1S/C26H33N3O3/c1-28(2)16-15-27-24(30)23-8-6-7-22(17-23)21-11-9-20(10-12-21)18-29-19-26(32-25(29)31)13-4-3-5-14-26/h6-12,17H,3-5,13-16,18-19H2,1-2H3,(H,27,30). The molecule has 0 aromatic heterocycles. The predicted molar refractivity (Wildman–Crippen MR) is 125 cm³/mol. The molecule has 4 rings (SSSR count). The van der Waals surface area contributed by atoms with Crippen LogP contribution in [0.4, 0.5) is 4.79 Å². The molecule has 6 nitrogen and oxygen atoms in total. The van der Waals surface area contributed by atoms with Crippen molar-refractivity contribution >= 4 is 12.0 Å². The van der Waals surface area contributed by atoms with E-state index in [1.165, 1.54) is 6.42 Å². The Labute approximate surface area is 190 Å². The maximum atomic E-state index is 12.4. The monoisotopic (exact) mass is 435 g/mol. The van der Waals surface area contributed by atoms with Gasteiger partial charge in [0.2, 0.25) is 0 Å². The third-order valence-electron chi connectivity index (χ3n) is 6.44. The summed E-state index contributed by atoms with van der Waals surface area (Å²) in [6.07, 6.45) is 5.29. The number of nitrogens with zero attached hydrogens (tertiary/aromatic N) is 2. The highest BCUT2D eigenvalue weighted by molar-refractivity contribution is 5.95. The minimum absolute atomic E-state index is 0.0606. The van der Waals surface area contributed by atoms with E-state index in [2.05, 4.69) is 29.6 Å². The van der Waals surface area contributed by atoms with E-state index in [0.29, 0.717) is 25.2 Å². The van der Waals surface area contributed by atoms with Crippen LogP contribution in [0.5, 0.6) is 0 Å². The van der Waals surface area contributed by atoms with E-state index in [9.17, 15) is 9.59 Å². The summed E-state index contributed by atoms with van der Waals surface area (Å²) >= 11 is 0. The first-order valence-corrected chi connectivity index (χ1v) is 11.5. The number of likely N-dealkylation sites (N-methyl/N-ethyl adjacent to an activating group) is 1. The van der Waals surface area contributed by atoms with Crippen LogP contribution in [0.3, 0.4) is 0 Å². The number of amides is 2. The molecule has 1 aliphatic carbocycles. The van der Waals surface area contributed by atoms with Crippen LogP contribution >= 0.6 is 0 Å². The third-order valence-corrected chi connectivity index (χ3v) is 6.44. The van der Waals surface area contributed by atoms with Crippen LogP contribution in [0.1, 0.15) is 48.0 Å². The maximum Gasteiger partial charge on any atom is 0.410 e. The molecule has 6 heteroatoms. The maximum absolute atomic E-state index is 12.4. The van der Waals surface area contributed by atoms with E-state index in [1.807, 2.05) is 48.2 Å². The van der Waals surface area contributed by atoms with Crippen LogP contribution < -0.4 is 5.32 Å². The minimum atomic E-state index is -0.261. The zero-order valence-corrected chi connectivity index (χ0v) is 19.1. The van der Waals surface area contributed by atoms with E-state index in [0.717, 1.165) is 48.9 Å². The summed E-state index contributed by atoms with van der Waals surface area (Å²) in [5.41, 5.74) is 3.52. The molecule has 2 aliphatic rings. The second-order valence-corrected chi connectivity index (χ2v) is 9.30. The van der Waals surface area contributed by atoms with Crippen molar-refractivity contribution in [3.8, 4) is 11.1 Å². The molecule has 2 aromatic carbocycles. The highest BCUT2D eigenvalue weighted by Crippen LogP contribution is 2.37. The fourth-order valence-corrected chi connectivity index (χ4v) is 4.63. The average molecular weight is 436 g/mol. The van der Waals surface area contributed by atoms with E-state index >= 15 is 0 Å². The molecule has 1 saturated heterocycles. The summed E-state index contributed by atoms with van der Waals surface area (Å²) in [6, 6.07) is 15.9. The van der Waals surface area contributed by atoms with Gasteiger partial charge in [0.1, 0.15) is 5.60 Å². The van der Waals surface area contributed by atoms with Gasteiger partial charge in [-0.3, -0.25) is 9.69 Å². The van der Waals surface area contributed by atoms with Crippen molar-refractivity contribution in [2.45, 2.75) is 44.2 Å². The fraction of sp³-hybridized carbons (Fsp3) is 0.462. The normalized spacial score (nSPS) is 17.6. The lowest BCUT2D eigenvalue weighted by atomic mass is 9.85. The van der Waals surface area contributed by atoms with Crippen LogP contribution in [0.25, 0.3) is 11.1 Å². The van der Waals surface area contributed by atoms with E-state index in [-0.39, 0.29) is 17.6 Å². The third kappa shape index (κ3) is 5.30. The van der Waals surface area contributed by atoms with Crippen molar-refractivity contribution in [2.24, 2.45) is 0 Å². The second kappa shape index (κ2) is 9.74. The number of ether oxygens (including phenoxy) is 1. The van der Waals surface area contributed by atoms with Gasteiger partial charge in [-0.25, -0.2) is 4.79 Å². The summed E-state index contributed by atoms with van der Waals surface area (Å²) in [4.78, 5) is 28.7. The molecular weight excluding hydrogens is 402 g/mol. The quantitative estimate of drug-likeness (QED) is 0.704. The van der Waals surface area contributed by atoms with Crippen LogP contribution in [0.2, 0.25) is 0 Å². The van der Waals surface area contributed by atoms with Gasteiger partial charge in [0.05, 0.1) is 6.54 Å². The van der Waals surface area contributed by atoms with Crippen molar-refractivity contribution < 1.29 is 14.3 Å². The van der Waals surface area contributed by atoms with Crippen LogP contribution in [-0.4, -0.2) is 61.1 Å². The molecule has 2 amide bonds. The number of rotatable bonds is 7. The van der Waals surface area contributed by atoms with Gasteiger partial charge in [0.15, 0.2) is 0 Å². The summed E-state index contributed by atoms with van der Waals surface area (Å²) in [6.45, 7) is 2.68. The first kappa shape index (κ1) is 22.3. The van der Waals surface area contributed by atoms with Gasteiger partial charge in [-0.1, -0.05) is 42.8 Å². The van der Waals surface area contributed by atoms with Crippen LogP contribution in [0, 0.1) is 0 Å². The van der Waals surface area contributed by atoms with E-state index < -0.39 is 0 Å². The molecule has 1 spiro atoms. The molecule has 0 radical (unpaired) electrons. The van der Waals surface area contributed by atoms with Gasteiger partial charge in [-0.05, 0) is 68.6 Å². The van der Waals surface area contributed by atoms with Crippen LogP contribution in [0.15, 0.2) is 48.5 Å². The van der Waals surface area contributed by atoms with Gasteiger partial charge in [0, 0.05) is 25.2 Å². The largest absolute Gasteiger partial charge is 0.441 e. The number of benzene rings is 2. The molecule has 0 atom stereocenters. The Bertz CT molecular complexity index is 949. The first-order chi connectivity index (χ1) is 15.4. The SMILES string of the molecule is CN(C)CCNC(=O)c1cccc(-c2ccc(CN3CC4(CCCCC4)OC3=O)cc2)c1. The molecule has 32 heavy (non-hydrogen) atoms. The molecule has 1 heterocycles. The average Bonchev–Trinajstić information content (AvgIpc) is 3.08. The smallest absolute Gasteiger partial charge is 0.410 e. The molecule has 0 unspecified atom stereocenters. The zero-order valence-electron chi connectivity index (χ0n) is 19.1. The number of carbonyl (C=O) groups is 2. The number of nitrogens with one attached hydrogen (secondary N) is 1. The molecular formula is C26H33N3O3. The summed E-state index contributed by atoms with van der Waals surface area (Å²) in [7, 11) is 3.97. The summed E-state index contributed by atoms with van der Waals surface area (Å²) in [5.74, 6) is -0.0606. The van der Waals surface area contributed by atoms with Crippen LogP contribution in [-0.2, 0) is 11.3 Å². The zero-order chi connectivity index (χ0) is 22.6. The summed E-state index contributed by atoms with van der Waals surface area (Å²) < 4.78 is 5.79. The first-order valence-electron chi connectivity index (χ1n) is 11.5. The predicted octanol–water partition coefficient (Wildman–Crippen LogP) is 4.30. The molecule has 2 fully saturated rings. The second-order valence-electron chi connectivity index (χ2n) is 9.30. The Kier molecular flexibility index (Phi) is 6.80. The van der Waals surface area contributed by atoms with Crippen molar-refractivity contribution in [3.63, 3.8) is 0 Å². The van der Waals surface area contributed by atoms with Gasteiger partial charge < -0.3 is 15.0 Å². The lowest BCUT2D eigenvalue weighted by Gasteiger charge is -2.30. The fourth-order valence-electron chi connectivity index (χ4n) is 4.63. The highest BCUT2D eigenvalue weighted by atomic mass is 16.6. The Morgan fingerprint density at radius 2 is 1.81 bits per heavy atom. The van der Waals surface area contributed by atoms with Crippen molar-refractivity contribution in [1.82, 2.24) is 15.1 Å². The van der Waals surface area contributed by atoms with Crippen molar-refractivity contribution in [3.05, 3.63) is 59.7 Å². The van der Waals surface area contributed by atoms with Gasteiger partial charge in [-0.15, -0.1) is 0 Å². The van der Waals surface area contributed by atoms with Crippen molar-refractivity contribution in [2.75, 3.05) is 33.7 Å². The number of hydrogen-bond donors (Lipinski definition) is 1. The topological polar surface area (TPSA) is 61.9 Å². The Hall–Kier alpha value is -2.86. The highest BCUT2D eigenvalue weighted by Gasteiger charge is 2.45. The van der Waals surface area contributed by atoms with Gasteiger partial charge >= 0.3 is 6.09 Å². The molecule has 1 saturated carbocycles. The number of carbonyl (C=O) groups excluding carboxylic acids is 2. The van der Waals surface area contributed by atoms with Gasteiger partial charge in [0.25, 0.3) is 5.91 Å². The van der Waals surface area contributed by atoms with E-state index in [1.54, 1.807) is 0 Å².